The second kappa shape index (κ2) is 5.91. The fourth-order valence-corrected chi connectivity index (χ4v) is 3.06. The molecule has 0 unspecified atom stereocenters. The molecule has 0 radical (unpaired) electrons. The molecule has 124 valence electrons. The first-order valence-electron chi connectivity index (χ1n) is 7.24. The van der Waals surface area contributed by atoms with Crippen molar-refractivity contribution >= 4 is 40.1 Å². The molecule has 25 heavy (non-hydrogen) atoms. The Morgan fingerprint density at radius 3 is 2.72 bits per heavy atom. The Kier molecular flexibility index (Phi) is 3.71. The number of hydrogen-bond donors (Lipinski definition) is 1. The third kappa shape index (κ3) is 2.56. The van der Waals surface area contributed by atoms with Gasteiger partial charge in [-0.3, -0.25) is 4.57 Å². The minimum Gasteiger partial charge on any atom is -0.477 e. The molecule has 3 aromatic heterocycles. The first-order chi connectivity index (χ1) is 12.1. The van der Waals surface area contributed by atoms with Crippen LogP contribution in [0.3, 0.4) is 0 Å². The summed E-state index contributed by atoms with van der Waals surface area (Å²) in [4.78, 5) is 20.1. The molecular formula is C17H10Cl2N4O2. The number of nitrogens with zero attached hydrogens (tertiary/aromatic N) is 4. The molecule has 0 aliphatic heterocycles. The lowest BCUT2D eigenvalue weighted by molar-refractivity contribution is 0.0688. The van der Waals surface area contributed by atoms with Crippen LogP contribution in [0.2, 0.25) is 10.0 Å². The van der Waals surface area contributed by atoms with Crippen molar-refractivity contribution in [2.24, 2.45) is 0 Å². The SMILES string of the molecule is O=C(O)c1cccn1-c1cc(-n2ccnc2)c2ccc(Cl)c(Cl)c2n1. The van der Waals surface area contributed by atoms with Crippen molar-refractivity contribution in [2.75, 3.05) is 0 Å². The third-order valence-corrected chi connectivity index (χ3v) is 4.63. The highest BCUT2D eigenvalue weighted by Crippen LogP contribution is 2.33. The van der Waals surface area contributed by atoms with Crippen LogP contribution in [-0.2, 0) is 0 Å². The molecule has 0 fully saturated rings. The molecule has 0 spiro atoms. The summed E-state index contributed by atoms with van der Waals surface area (Å²) in [6.45, 7) is 0. The van der Waals surface area contributed by atoms with E-state index in [0.717, 1.165) is 11.1 Å². The summed E-state index contributed by atoms with van der Waals surface area (Å²) in [6.07, 6.45) is 6.72. The maximum absolute atomic E-state index is 11.4. The quantitative estimate of drug-likeness (QED) is 0.584. The molecule has 6 nitrogen and oxygen atoms in total. The van der Waals surface area contributed by atoms with Crippen LogP contribution in [0, 0.1) is 0 Å². The van der Waals surface area contributed by atoms with Gasteiger partial charge in [-0.15, -0.1) is 0 Å². The minimum absolute atomic E-state index is 0.0987. The number of rotatable bonds is 3. The van der Waals surface area contributed by atoms with Crippen molar-refractivity contribution in [1.82, 2.24) is 19.1 Å². The maximum atomic E-state index is 11.4. The Bertz CT molecular complexity index is 1100. The zero-order valence-corrected chi connectivity index (χ0v) is 14.1. The molecule has 0 atom stereocenters. The number of halogens is 2. The summed E-state index contributed by atoms with van der Waals surface area (Å²) in [5.41, 5.74) is 1.35. The van der Waals surface area contributed by atoms with Gasteiger partial charge in [-0.25, -0.2) is 14.8 Å². The van der Waals surface area contributed by atoms with E-state index in [1.54, 1.807) is 43.1 Å². The largest absolute Gasteiger partial charge is 0.477 e. The molecule has 0 aliphatic rings. The average Bonchev–Trinajstić information content (AvgIpc) is 3.28. The van der Waals surface area contributed by atoms with Gasteiger partial charge in [-0.05, 0) is 24.3 Å². The van der Waals surface area contributed by atoms with Gasteiger partial charge >= 0.3 is 5.97 Å². The highest BCUT2D eigenvalue weighted by atomic mass is 35.5. The molecule has 4 rings (SSSR count). The fraction of sp³-hybridized carbons (Fsp3) is 0. The van der Waals surface area contributed by atoms with Gasteiger partial charge < -0.3 is 9.67 Å². The van der Waals surface area contributed by atoms with Crippen LogP contribution in [-0.4, -0.2) is 30.2 Å². The summed E-state index contributed by atoms with van der Waals surface area (Å²) in [5, 5.41) is 10.8. The molecule has 0 bridgehead atoms. The molecule has 1 aromatic carbocycles. The van der Waals surface area contributed by atoms with Crippen molar-refractivity contribution in [2.45, 2.75) is 0 Å². The van der Waals surface area contributed by atoms with Crippen LogP contribution >= 0.6 is 23.2 Å². The van der Waals surface area contributed by atoms with Gasteiger partial charge in [0.15, 0.2) is 0 Å². The van der Waals surface area contributed by atoms with E-state index in [-0.39, 0.29) is 5.69 Å². The molecular weight excluding hydrogens is 363 g/mol. The Hall–Kier alpha value is -2.83. The second-order valence-corrected chi connectivity index (χ2v) is 6.08. The number of imidazole rings is 1. The lowest BCUT2D eigenvalue weighted by Crippen LogP contribution is -2.08. The third-order valence-electron chi connectivity index (χ3n) is 3.83. The van der Waals surface area contributed by atoms with E-state index in [1.165, 1.54) is 10.6 Å². The van der Waals surface area contributed by atoms with Crippen molar-refractivity contribution in [1.29, 1.82) is 0 Å². The number of aromatic nitrogens is 4. The van der Waals surface area contributed by atoms with Crippen molar-refractivity contribution in [3.05, 3.63) is 71.0 Å². The van der Waals surface area contributed by atoms with Gasteiger partial charge in [0.05, 0.1) is 27.6 Å². The topological polar surface area (TPSA) is 72.9 Å². The highest BCUT2D eigenvalue weighted by molar-refractivity contribution is 6.45. The smallest absolute Gasteiger partial charge is 0.352 e. The standard InChI is InChI=1S/C17H10Cl2N4O2/c18-11-4-3-10-13(22-7-5-20-9-22)8-14(21-16(10)15(11)19)23-6-1-2-12(23)17(24)25/h1-9H,(H,24,25). The fourth-order valence-electron chi connectivity index (χ4n) is 2.70. The van der Waals surface area contributed by atoms with Gasteiger partial charge in [0, 0.05) is 30.0 Å². The van der Waals surface area contributed by atoms with Gasteiger partial charge in [0.25, 0.3) is 0 Å². The predicted molar refractivity (Wildman–Crippen MR) is 95.2 cm³/mol. The van der Waals surface area contributed by atoms with Crippen LogP contribution in [0.5, 0.6) is 0 Å². The number of fused-ring (bicyclic) bond motifs is 1. The van der Waals surface area contributed by atoms with E-state index in [9.17, 15) is 9.90 Å². The number of carboxylic acid groups (broad SMARTS) is 1. The lowest BCUT2D eigenvalue weighted by atomic mass is 10.1. The maximum Gasteiger partial charge on any atom is 0.352 e. The molecule has 4 aromatic rings. The summed E-state index contributed by atoms with van der Waals surface area (Å²) in [5.74, 6) is -0.629. The van der Waals surface area contributed by atoms with E-state index >= 15 is 0 Å². The van der Waals surface area contributed by atoms with Crippen LogP contribution in [0.25, 0.3) is 22.4 Å². The predicted octanol–water partition coefficient (Wildman–Crippen LogP) is 4.22. The van der Waals surface area contributed by atoms with Crippen LogP contribution < -0.4 is 0 Å². The molecule has 1 N–H and O–H groups in total. The lowest BCUT2D eigenvalue weighted by Gasteiger charge is -2.13. The average molecular weight is 373 g/mol. The highest BCUT2D eigenvalue weighted by Gasteiger charge is 2.16. The van der Waals surface area contributed by atoms with Gasteiger partial charge in [0.1, 0.15) is 11.5 Å². The van der Waals surface area contributed by atoms with Crippen LogP contribution in [0.4, 0.5) is 0 Å². The summed E-state index contributed by atoms with van der Waals surface area (Å²) >= 11 is 12.5. The van der Waals surface area contributed by atoms with E-state index < -0.39 is 5.97 Å². The van der Waals surface area contributed by atoms with Gasteiger partial charge in [-0.1, -0.05) is 23.2 Å². The first kappa shape index (κ1) is 15.7. The summed E-state index contributed by atoms with van der Waals surface area (Å²) in [6, 6.07) is 8.45. The van der Waals surface area contributed by atoms with Crippen LogP contribution in [0.15, 0.2) is 55.2 Å². The number of carboxylic acids is 1. The Morgan fingerprint density at radius 1 is 1.16 bits per heavy atom. The van der Waals surface area contributed by atoms with E-state index in [0.29, 0.717) is 21.4 Å². The normalized spacial score (nSPS) is 11.1. The van der Waals surface area contributed by atoms with Gasteiger partial charge in [0.2, 0.25) is 0 Å². The molecule has 3 heterocycles. The van der Waals surface area contributed by atoms with Crippen LogP contribution in [0.1, 0.15) is 10.5 Å². The zero-order valence-electron chi connectivity index (χ0n) is 12.6. The van der Waals surface area contributed by atoms with E-state index in [2.05, 4.69) is 9.97 Å². The monoisotopic (exact) mass is 372 g/mol. The zero-order chi connectivity index (χ0) is 17.6. The molecule has 0 amide bonds. The number of carbonyl (C=O) groups is 1. The molecule has 0 saturated heterocycles. The number of benzene rings is 1. The molecule has 0 saturated carbocycles. The summed E-state index contributed by atoms with van der Waals surface area (Å²) in [7, 11) is 0. The van der Waals surface area contributed by atoms with Crippen molar-refractivity contribution in [3.8, 4) is 11.5 Å². The number of hydrogen-bond acceptors (Lipinski definition) is 3. The van der Waals surface area contributed by atoms with Gasteiger partial charge in [-0.2, -0.15) is 0 Å². The molecule has 8 heteroatoms. The number of aromatic carboxylic acids is 1. The Labute approximate surface area is 151 Å². The Balaban J connectivity index is 2.08. The summed E-state index contributed by atoms with van der Waals surface area (Å²) < 4.78 is 3.29. The minimum atomic E-state index is -1.05. The number of pyridine rings is 1. The second-order valence-electron chi connectivity index (χ2n) is 5.30. The Morgan fingerprint density at radius 2 is 2.00 bits per heavy atom. The van der Waals surface area contributed by atoms with Crippen molar-refractivity contribution in [3.63, 3.8) is 0 Å². The molecule has 0 aliphatic carbocycles. The first-order valence-corrected chi connectivity index (χ1v) is 8.00. The van der Waals surface area contributed by atoms with E-state index in [4.69, 9.17) is 23.2 Å². The van der Waals surface area contributed by atoms with E-state index in [1.807, 2.05) is 10.6 Å². The van der Waals surface area contributed by atoms with Crippen molar-refractivity contribution < 1.29 is 9.90 Å².